The molecule has 3 heteroatoms. The third-order valence-corrected chi connectivity index (χ3v) is 1.95. The molecule has 0 fully saturated rings. The molecule has 70 valence electrons. The fraction of sp³-hybridized carbons (Fsp3) is 0.0909. The summed E-state index contributed by atoms with van der Waals surface area (Å²) in [5, 5.41) is 9.27. The number of pyridine rings is 2. The highest BCUT2D eigenvalue weighted by Crippen LogP contribution is 2.21. The molecule has 14 heavy (non-hydrogen) atoms. The SMILES string of the molecule is Cc1cc(-c2cncc(O)c2)ccn1. The van der Waals surface area contributed by atoms with Crippen LogP contribution in [0.2, 0.25) is 0 Å². The summed E-state index contributed by atoms with van der Waals surface area (Å²) in [5.74, 6) is 0.178. The Kier molecular flexibility index (Phi) is 2.14. The number of hydrogen-bond acceptors (Lipinski definition) is 3. The van der Waals surface area contributed by atoms with Gasteiger partial charge in [0.1, 0.15) is 5.75 Å². The van der Waals surface area contributed by atoms with Crippen LogP contribution < -0.4 is 0 Å². The first kappa shape index (κ1) is 8.69. The van der Waals surface area contributed by atoms with Gasteiger partial charge in [-0.05, 0) is 30.7 Å². The lowest BCUT2D eigenvalue weighted by molar-refractivity contribution is 0.473. The summed E-state index contributed by atoms with van der Waals surface area (Å²) in [6.07, 6.45) is 4.88. The summed E-state index contributed by atoms with van der Waals surface area (Å²) in [6.45, 7) is 1.93. The van der Waals surface area contributed by atoms with Crippen LogP contribution in [0.15, 0.2) is 36.8 Å². The van der Waals surface area contributed by atoms with Gasteiger partial charge in [0.25, 0.3) is 0 Å². The lowest BCUT2D eigenvalue weighted by Crippen LogP contribution is -1.83. The minimum atomic E-state index is 0.178. The predicted molar refractivity (Wildman–Crippen MR) is 53.9 cm³/mol. The Balaban J connectivity index is 2.49. The molecule has 0 amide bonds. The maximum atomic E-state index is 9.27. The molecule has 3 nitrogen and oxygen atoms in total. The molecule has 0 aliphatic carbocycles. The van der Waals surface area contributed by atoms with Gasteiger partial charge in [0.2, 0.25) is 0 Å². The van der Waals surface area contributed by atoms with E-state index in [-0.39, 0.29) is 5.75 Å². The topological polar surface area (TPSA) is 46.0 Å². The van der Waals surface area contributed by atoms with Gasteiger partial charge in [0, 0.05) is 23.7 Å². The molecule has 0 saturated heterocycles. The first-order valence-electron chi connectivity index (χ1n) is 4.33. The highest BCUT2D eigenvalue weighted by molar-refractivity contribution is 5.63. The second-order valence-corrected chi connectivity index (χ2v) is 3.12. The van der Waals surface area contributed by atoms with E-state index in [0.29, 0.717) is 0 Å². The molecule has 2 rings (SSSR count). The molecule has 0 aliphatic rings. The second kappa shape index (κ2) is 3.46. The Morgan fingerprint density at radius 2 is 2.00 bits per heavy atom. The van der Waals surface area contributed by atoms with Crippen LogP contribution in [0.3, 0.4) is 0 Å². The van der Waals surface area contributed by atoms with Crippen molar-refractivity contribution >= 4 is 0 Å². The van der Waals surface area contributed by atoms with Gasteiger partial charge in [-0.25, -0.2) is 0 Å². The molecule has 0 saturated carbocycles. The number of nitrogens with zero attached hydrogens (tertiary/aromatic N) is 2. The highest BCUT2D eigenvalue weighted by atomic mass is 16.3. The normalized spacial score (nSPS) is 10.1. The van der Waals surface area contributed by atoms with Gasteiger partial charge in [0.15, 0.2) is 0 Å². The van der Waals surface area contributed by atoms with E-state index in [0.717, 1.165) is 16.8 Å². The number of aromatic nitrogens is 2. The van der Waals surface area contributed by atoms with Crippen molar-refractivity contribution in [2.24, 2.45) is 0 Å². The Hall–Kier alpha value is -1.90. The Morgan fingerprint density at radius 1 is 1.14 bits per heavy atom. The van der Waals surface area contributed by atoms with Crippen molar-refractivity contribution in [3.05, 3.63) is 42.5 Å². The van der Waals surface area contributed by atoms with Crippen LogP contribution in [0.25, 0.3) is 11.1 Å². The van der Waals surface area contributed by atoms with E-state index in [1.165, 1.54) is 6.20 Å². The van der Waals surface area contributed by atoms with E-state index in [9.17, 15) is 5.11 Å². The van der Waals surface area contributed by atoms with Gasteiger partial charge >= 0.3 is 0 Å². The molecule has 1 N–H and O–H groups in total. The maximum Gasteiger partial charge on any atom is 0.134 e. The fourth-order valence-electron chi connectivity index (χ4n) is 1.31. The van der Waals surface area contributed by atoms with E-state index >= 15 is 0 Å². The lowest BCUT2D eigenvalue weighted by Gasteiger charge is -2.01. The van der Waals surface area contributed by atoms with Crippen LogP contribution in [0.1, 0.15) is 5.69 Å². The van der Waals surface area contributed by atoms with Crippen molar-refractivity contribution in [2.45, 2.75) is 6.92 Å². The van der Waals surface area contributed by atoms with Gasteiger partial charge in [-0.1, -0.05) is 0 Å². The molecule has 2 aromatic rings. The van der Waals surface area contributed by atoms with E-state index in [1.54, 1.807) is 18.5 Å². The third-order valence-electron chi connectivity index (χ3n) is 1.95. The Bertz CT molecular complexity index is 411. The monoisotopic (exact) mass is 186 g/mol. The van der Waals surface area contributed by atoms with E-state index in [1.807, 2.05) is 19.1 Å². The van der Waals surface area contributed by atoms with Gasteiger partial charge < -0.3 is 5.11 Å². The van der Waals surface area contributed by atoms with Crippen molar-refractivity contribution in [3.8, 4) is 16.9 Å². The third kappa shape index (κ3) is 1.71. The molecular formula is C11H10N2O. The molecule has 0 bridgehead atoms. The second-order valence-electron chi connectivity index (χ2n) is 3.12. The zero-order valence-corrected chi connectivity index (χ0v) is 7.81. The van der Waals surface area contributed by atoms with Gasteiger partial charge in [-0.3, -0.25) is 9.97 Å². The van der Waals surface area contributed by atoms with Crippen molar-refractivity contribution < 1.29 is 5.11 Å². The molecule has 0 atom stereocenters. The fourth-order valence-corrected chi connectivity index (χ4v) is 1.31. The van der Waals surface area contributed by atoms with Crippen LogP contribution in [0.5, 0.6) is 5.75 Å². The quantitative estimate of drug-likeness (QED) is 0.742. The van der Waals surface area contributed by atoms with Crippen LogP contribution in [0, 0.1) is 6.92 Å². The van der Waals surface area contributed by atoms with Crippen LogP contribution in [0.4, 0.5) is 0 Å². The molecule has 0 unspecified atom stereocenters. The summed E-state index contributed by atoms with van der Waals surface area (Å²) >= 11 is 0. The summed E-state index contributed by atoms with van der Waals surface area (Å²) in [6, 6.07) is 5.53. The van der Waals surface area contributed by atoms with Crippen LogP contribution >= 0.6 is 0 Å². The first-order chi connectivity index (χ1) is 6.75. The van der Waals surface area contributed by atoms with E-state index in [4.69, 9.17) is 0 Å². The minimum Gasteiger partial charge on any atom is -0.506 e. The van der Waals surface area contributed by atoms with Crippen molar-refractivity contribution in [2.75, 3.05) is 0 Å². The molecule has 0 aromatic carbocycles. The number of aromatic hydroxyl groups is 1. The highest BCUT2D eigenvalue weighted by Gasteiger charge is 1.99. The van der Waals surface area contributed by atoms with Gasteiger partial charge in [0.05, 0.1) is 6.20 Å². The maximum absolute atomic E-state index is 9.27. The predicted octanol–water partition coefficient (Wildman–Crippen LogP) is 2.16. The molecular weight excluding hydrogens is 176 g/mol. The number of rotatable bonds is 1. The Labute approximate surface area is 82.1 Å². The molecule has 2 heterocycles. The van der Waals surface area contributed by atoms with E-state index in [2.05, 4.69) is 9.97 Å². The van der Waals surface area contributed by atoms with Gasteiger partial charge in [-0.15, -0.1) is 0 Å². The average Bonchev–Trinajstić information content (AvgIpc) is 2.18. The van der Waals surface area contributed by atoms with Crippen LogP contribution in [-0.2, 0) is 0 Å². The smallest absolute Gasteiger partial charge is 0.134 e. The number of aryl methyl sites for hydroxylation is 1. The zero-order chi connectivity index (χ0) is 9.97. The molecule has 2 aromatic heterocycles. The van der Waals surface area contributed by atoms with Crippen molar-refractivity contribution in [3.63, 3.8) is 0 Å². The van der Waals surface area contributed by atoms with E-state index < -0.39 is 0 Å². The molecule has 0 spiro atoms. The standard InChI is InChI=1S/C11H10N2O/c1-8-4-9(2-3-13-8)10-5-11(14)7-12-6-10/h2-7,14H,1H3. The lowest BCUT2D eigenvalue weighted by atomic mass is 10.1. The van der Waals surface area contributed by atoms with Crippen LogP contribution in [-0.4, -0.2) is 15.1 Å². The summed E-state index contributed by atoms with van der Waals surface area (Å²) < 4.78 is 0. The Morgan fingerprint density at radius 3 is 2.71 bits per heavy atom. The average molecular weight is 186 g/mol. The van der Waals surface area contributed by atoms with Gasteiger partial charge in [-0.2, -0.15) is 0 Å². The van der Waals surface area contributed by atoms with Crippen molar-refractivity contribution in [1.82, 2.24) is 9.97 Å². The first-order valence-corrected chi connectivity index (χ1v) is 4.33. The number of hydrogen-bond donors (Lipinski definition) is 1. The van der Waals surface area contributed by atoms with Crippen molar-refractivity contribution in [1.29, 1.82) is 0 Å². The zero-order valence-electron chi connectivity index (χ0n) is 7.81. The molecule has 0 radical (unpaired) electrons. The minimum absolute atomic E-state index is 0.178. The summed E-state index contributed by atoms with van der Waals surface area (Å²) in [4.78, 5) is 8.02. The largest absolute Gasteiger partial charge is 0.506 e. The molecule has 0 aliphatic heterocycles. The summed E-state index contributed by atoms with van der Waals surface area (Å²) in [5.41, 5.74) is 2.86. The summed E-state index contributed by atoms with van der Waals surface area (Å²) in [7, 11) is 0.